The van der Waals surface area contributed by atoms with Crippen LogP contribution >= 0.6 is 11.3 Å². The van der Waals surface area contributed by atoms with E-state index < -0.39 is 0 Å². The lowest BCUT2D eigenvalue weighted by atomic mass is 10.1. The van der Waals surface area contributed by atoms with Crippen molar-refractivity contribution in [3.8, 4) is 5.75 Å². The molecule has 0 bridgehead atoms. The van der Waals surface area contributed by atoms with Gasteiger partial charge in [0.05, 0.1) is 13.4 Å². The number of nitrogens with one attached hydrogen (secondary N) is 1. The summed E-state index contributed by atoms with van der Waals surface area (Å²) in [6.07, 6.45) is 5.64. The van der Waals surface area contributed by atoms with E-state index in [2.05, 4.69) is 20.5 Å². The molecule has 1 atom stereocenters. The summed E-state index contributed by atoms with van der Waals surface area (Å²) in [4.78, 5) is 16.2. The SMILES string of the molecule is COc1cccc(Cc2nnc(NC(=O)[C@H](C)n3ccnc3)s2)c1. The number of rotatable bonds is 6. The Hall–Kier alpha value is -2.74. The first-order chi connectivity index (χ1) is 11.7. The lowest BCUT2D eigenvalue weighted by Crippen LogP contribution is -2.22. The maximum Gasteiger partial charge on any atom is 0.249 e. The molecular weight excluding hydrogens is 326 g/mol. The number of benzene rings is 1. The van der Waals surface area contributed by atoms with Crippen LogP contribution in [0.3, 0.4) is 0 Å². The number of hydrogen-bond acceptors (Lipinski definition) is 6. The number of ether oxygens (including phenoxy) is 1. The first-order valence-electron chi connectivity index (χ1n) is 7.39. The van der Waals surface area contributed by atoms with E-state index in [4.69, 9.17) is 4.74 Å². The first kappa shape index (κ1) is 16.1. The van der Waals surface area contributed by atoms with Crippen LogP contribution in [0.25, 0.3) is 0 Å². The summed E-state index contributed by atoms with van der Waals surface area (Å²) in [7, 11) is 1.64. The number of nitrogens with zero attached hydrogens (tertiary/aromatic N) is 4. The van der Waals surface area contributed by atoms with Crippen molar-refractivity contribution in [3.05, 3.63) is 53.6 Å². The van der Waals surface area contributed by atoms with Crippen molar-refractivity contribution in [3.63, 3.8) is 0 Å². The summed E-state index contributed by atoms with van der Waals surface area (Å²) in [5.41, 5.74) is 1.08. The summed E-state index contributed by atoms with van der Waals surface area (Å²) in [6.45, 7) is 1.80. The van der Waals surface area contributed by atoms with Gasteiger partial charge in [-0.05, 0) is 24.6 Å². The second-order valence-corrected chi connectivity index (χ2v) is 6.27. The minimum atomic E-state index is -0.363. The molecule has 0 aliphatic heterocycles. The third kappa shape index (κ3) is 3.77. The van der Waals surface area contributed by atoms with Crippen LogP contribution < -0.4 is 10.1 Å². The normalized spacial score (nSPS) is 11.9. The number of aromatic nitrogens is 4. The zero-order valence-corrected chi connectivity index (χ0v) is 14.2. The Labute approximate surface area is 143 Å². The van der Waals surface area contributed by atoms with E-state index in [1.54, 1.807) is 37.3 Å². The molecule has 2 aromatic heterocycles. The van der Waals surface area contributed by atoms with Crippen molar-refractivity contribution in [2.24, 2.45) is 0 Å². The maximum atomic E-state index is 12.2. The number of anilines is 1. The number of carbonyl (C=O) groups excluding carboxylic acids is 1. The summed E-state index contributed by atoms with van der Waals surface area (Å²) < 4.78 is 6.94. The fourth-order valence-corrected chi connectivity index (χ4v) is 2.95. The molecule has 0 fully saturated rings. The van der Waals surface area contributed by atoms with Crippen molar-refractivity contribution in [1.82, 2.24) is 19.7 Å². The fraction of sp³-hybridized carbons (Fsp3) is 0.250. The highest BCUT2D eigenvalue weighted by Crippen LogP contribution is 2.21. The first-order valence-corrected chi connectivity index (χ1v) is 8.21. The van der Waals surface area contributed by atoms with Crippen LogP contribution in [0.4, 0.5) is 5.13 Å². The van der Waals surface area contributed by atoms with Crippen LogP contribution in [0.5, 0.6) is 5.75 Å². The Balaban J connectivity index is 1.64. The fourth-order valence-electron chi connectivity index (χ4n) is 2.18. The average molecular weight is 343 g/mol. The number of carbonyl (C=O) groups is 1. The van der Waals surface area contributed by atoms with Crippen molar-refractivity contribution in [2.75, 3.05) is 12.4 Å². The molecule has 3 aromatic rings. The number of methoxy groups -OCH3 is 1. The molecule has 0 saturated carbocycles. The third-order valence-corrected chi connectivity index (χ3v) is 4.38. The number of imidazole rings is 1. The standard InChI is InChI=1S/C16H17N5O2S/c1-11(21-7-6-17-10-21)15(22)18-16-20-19-14(24-16)9-12-4-3-5-13(8-12)23-2/h3-8,10-11H,9H2,1-2H3,(H,18,20,22)/t11-/m0/s1. The quantitative estimate of drug-likeness (QED) is 0.744. The Morgan fingerprint density at radius 2 is 2.29 bits per heavy atom. The van der Waals surface area contributed by atoms with Crippen LogP contribution in [0, 0.1) is 0 Å². The van der Waals surface area contributed by atoms with E-state index in [0.29, 0.717) is 11.6 Å². The highest BCUT2D eigenvalue weighted by Gasteiger charge is 2.16. The van der Waals surface area contributed by atoms with Crippen LogP contribution in [0.15, 0.2) is 43.0 Å². The molecule has 24 heavy (non-hydrogen) atoms. The van der Waals surface area contributed by atoms with Crippen LogP contribution in [-0.2, 0) is 11.2 Å². The summed E-state index contributed by atoms with van der Waals surface area (Å²) in [5, 5.41) is 12.3. The smallest absolute Gasteiger partial charge is 0.249 e. The maximum absolute atomic E-state index is 12.2. The van der Waals surface area contributed by atoms with Gasteiger partial charge in [-0.1, -0.05) is 23.5 Å². The zero-order chi connectivity index (χ0) is 16.9. The second-order valence-electron chi connectivity index (χ2n) is 5.20. The van der Waals surface area contributed by atoms with Crippen LogP contribution in [0.1, 0.15) is 23.5 Å². The molecular formula is C16H17N5O2S. The molecule has 124 valence electrons. The van der Waals surface area contributed by atoms with Crippen molar-refractivity contribution in [2.45, 2.75) is 19.4 Å². The van der Waals surface area contributed by atoms with Gasteiger partial charge >= 0.3 is 0 Å². The van der Waals surface area contributed by atoms with Gasteiger partial charge in [0.25, 0.3) is 0 Å². The van der Waals surface area contributed by atoms with Crippen molar-refractivity contribution in [1.29, 1.82) is 0 Å². The molecule has 1 N–H and O–H groups in total. The van der Waals surface area contributed by atoms with Gasteiger partial charge in [-0.2, -0.15) is 0 Å². The molecule has 1 aromatic carbocycles. The molecule has 0 saturated heterocycles. The van der Waals surface area contributed by atoms with E-state index in [0.717, 1.165) is 16.3 Å². The summed E-state index contributed by atoms with van der Waals surface area (Å²) in [5.74, 6) is 0.650. The predicted molar refractivity (Wildman–Crippen MR) is 91.3 cm³/mol. The Morgan fingerprint density at radius 1 is 1.42 bits per heavy atom. The summed E-state index contributed by atoms with van der Waals surface area (Å²) >= 11 is 1.36. The van der Waals surface area contributed by atoms with E-state index >= 15 is 0 Å². The Morgan fingerprint density at radius 3 is 3.04 bits per heavy atom. The number of amides is 1. The minimum Gasteiger partial charge on any atom is -0.497 e. The van der Waals surface area contributed by atoms with Gasteiger partial charge in [-0.25, -0.2) is 4.98 Å². The second kappa shape index (κ2) is 7.22. The molecule has 3 rings (SSSR count). The van der Waals surface area contributed by atoms with Gasteiger partial charge < -0.3 is 9.30 Å². The molecule has 1 amide bonds. The van der Waals surface area contributed by atoms with Crippen molar-refractivity contribution >= 4 is 22.4 Å². The van der Waals surface area contributed by atoms with E-state index in [9.17, 15) is 4.79 Å². The van der Waals surface area contributed by atoms with Gasteiger partial charge in [-0.3, -0.25) is 10.1 Å². The van der Waals surface area contributed by atoms with Gasteiger partial charge in [0, 0.05) is 18.8 Å². The minimum absolute atomic E-state index is 0.155. The Bertz CT molecular complexity index is 816. The largest absolute Gasteiger partial charge is 0.497 e. The molecule has 7 nitrogen and oxygen atoms in total. The van der Waals surface area contributed by atoms with Gasteiger partial charge in [0.2, 0.25) is 11.0 Å². The zero-order valence-electron chi connectivity index (χ0n) is 13.3. The molecule has 8 heteroatoms. The molecule has 0 aliphatic carbocycles. The van der Waals surface area contributed by atoms with Crippen LogP contribution in [0.2, 0.25) is 0 Å². The highest BCUT2D eigenvalue weighted by atomic mass is 32.1. The monoisotopic (exact) mass is 343 g/mol. The summed E-state index contributed by atoms with van der Waals surface area (Å²) in [6, 6.07) is 7.43. The molecule has 2 heterocycles. The lowest BCUT2D eigenvalue weighted by Gasteiger charge is -2.11. The van der Waals surface area contributed by atoms with E-state index in [-0.39, 0.29) is 11.9 Å². The van der Waals surface area contributed by atoms with Crippen molar-refractivity contribution < 1.29 is 9.53 Å². The van der Waals surface area contributed by atoms with Gasteiger partial charge in [-0.15, -0.1) is 10.2 Å². The third-order valence-electron chi connectivity index (χ3n) is 3.54. The molecule has 0 aliphatic rings. The van der Waals surface area contributed by atoms with Crippen LogP contribution in [-0.4, -0.2) is 32.8 Å². The predicted octanol–water partition coefficient (Wildman–Crippen LogP) is 2.53. The van der Waals surface area contributed by atoms with E-state index in [1.807, 2.05) is 24.3 Å². The molecule has 0 unspecified atom stereocenters. The molecule has 0 spiro atoms. The van der Waals surface area contributed by atoms with Gasteiger partial charge in [0.1, 0.15) is 16.8 Å². The lowest BCUT2D eigenvalue weighted by molar-refractivity contribution is -0.118. The van der Waals surface area contributed by atoms with Gasteiger partial charge in [0.15, 0.2) is 0 Å². The Kier molecular flexibility index (Phi) is 4.85. The molecule has 0 radical (unpaired) electrons. The van der Waals surface area contributed by atoms with E-state index in [1.165, 1.54) is 11.3 Å². The number of hydrogen-bond donors (Lipinski definition) is 1. The topological polar surface area (TPSA) is 81.9 Å². The average Bonchev–Trinajstić information content (AvgIpc) is 3.26. The highest BCUT2D eigenvalue weighted by molar-refractivity contribution is 7.15.